The maximum atomic E-state index is 12.1. The van der Waals surface area contributed by atoms with E-state index in [1.54, 1.807) is 12.1 Å². The van der Waals surface area contributed by atoms with E-state index in [1.807, 2.05) is 67.6 Å². The van der Waals surface area contributed by atoms with Crippen molar-refractivity contribution in [2.75, 3.05) is 18.5 Å². The van der Waals surface area contributed by atoms with E-state index in [9.17, 15) is 9.59 Å². The van der Waals surface area contributed by atoms with Crippen molar-refractivity contribution in [2.45, 2.75) is 13.3 Å². The molecule has 0 atom stereocenters. The van der Waals surface area contributed by atoms with E-state index in [-0.39, 0.29) is 11.5 Å². The topological polar surface area (TPSA) is 77.8 Å². The van der Waals surface area contributed by atoms with Gasteiger partial charge in [-0.3, -0.25) is 4.79 Å². The van der Waals surface area contributed by atoms with Crippen molar-refractivity contribution in [1.29, 1.82) is 0 Å². The average molecular weight is 534 g/mol. The number of ether oxygens (including phenoxy) is 2. The summed E-state index contributed by atoms with van der Waals surface area (Å²) in [6.07, 6.45) is 3.93. The summed E-state index contributed by atoms with van der Waals surface area (Å²) in [5.74, 6) is 1.19. The van der Waals surface area contributed by atoms with E-state index in [0.717, 1.165) is 32.4 Å². The minimum absolute atomic E-state index is 0.198. The van der Waals surface area contributed by atoms with Crippen LogP contribution in [0.4, 0.5) is 5.69 Å². The molecule has 0 unspecified atom stereocenters. The minimum Gasteiger partial charge on any atom is -0.493 e. The number of hydrogen-bond donors (Lipinski definition) is 1. The van der Waals surface area contributed by atoms with Crippen LogP contribution in [0.25, 0.3) is 17.0 Å². The summed E-state index contributed by atoms with van der Waals surface area (Å²) in [7, 11) is 0. The smallest absolute Gasteiger partial charge is 0.336 e. The monoisotopic (exact) mass is 533 g/mol. The fourth-order valence-electron chi connectivity index (χ4n) is 3.40. The molecule has 0 aliphatic rings. The van der Waals surface area contributed by atoms with Gasteiger partial charge in [-0.1, -0.05) is 28.1 Å². The van der Waals surface area contributed by atoms with Crippen molar-refractivity contribution < 1.29 is 18.7 Å². The highest BCUT2D eigenvalue weighted by molar-refractivity contribution is 9.10. The number of rotatable bonds is 9. The number of anilines is 1. The van der Waals surface area contributed by atoms with E-state index >= 15 is 0 Å². The SMILES string of the molecule is Cc1cc(=O)oc2cc(OCCCOc3ccc(/C=C/C(=O)Nc4ccc(Br)cc4)cc3)ccc12. The fourth-order valence-corrected chi connectivity index (χ4v) is 3.66. The average Bonchev–Trinajstić information content (AvgIpc) is 2.84. The Kier molecular flexibility index (Phi) is 8.00. The molecular weight excluding hydrogens is 510 g/mol. The van der Waals surface area contributed by atoms with Gasteiger partial charge in [0.05, 0.1) is 13.2 Å². The lowest BCUT2D eigenvalue weighted by molar-refractivity contribution is -0.111. The molecule has 0 fully saturated rings. The molecule has 0 radical (unpaired) electrons. The molecule has 0 saturated heterocycles. The standard InChI is InChI=1S/C28H24BrNO5/c1-19-17-28(32)35-26-18-24(12-13-25(19)26)34-16-2-15-33-23-10-3-20(4-11-23)5-14-27(31)30-22-8-6-21(29)7-9-22/h3-14,17-18H,2,15-16H2,1H3,(H,30,31)/b14-5+. The summed E-state index contributed by atoms with van der Waals surface area (Å²) < 4.78 is 17.7. The van der Waals surface area contributed by atoms with Gasteiger partial charge < -0.3 is 19.2 Å². The Morgan fingerprint density at radius 2 is 1.63 bits per heavy atom. The second-order valence-corrected chi connectivity index (χ2v) is 8.77. The zero-order valence-electron chi connectivity index (χ0n) is 19.1. The highest BCUT2D eigenvalue weighted by Crippen LogP contribution is 2.22. The maximum Gasteiger partial charge on any atom is 0.336 e. The first-order chi connectivity index (χ1) is 17.0. The van der Waals surface area contributed by atoms with Gasteiger partial charge in [0.25, 0.3) is 0 Å². The first kappa shape index (κ1) is 24.3. The van der Waals surface area contributed by atoms with E-state index in [1.165, 1.54) is 12.1 Å². The first-order valence-corrected chi connectivity index (χ1v) is 11.9. The molecule has 1 heterocycles. The molecule has 3 aromatic carbocycles. The second kappa shape index (κ2) is 11.5. The van der Waals surface area contributed by atoms with Crippen molar-refractivity contribution >= 4 is 44.6 Å². The lowest BCUT2D eigenvalue weighted by Gasteiger charge is -2.09. The normalized spacial score (nSPS) is 11.0. The predicted molar refractivity (Wildman–Crippen MR) is 141 cm³/mol. The number of benzene rings is 3. The molecule has 1 aromatic heterocycles. The quantitative estimate of drug-likeness (QED) is 0.154. The molecule has 6 nitrogen and oxygen atoms in total. The summed E-state index contributed by atoms with van der Waals surface area (Å²) in [6.45, 7) is 2.84. The van der Waals surface area contributed by atoms with Gasteiger partial charge in [0.2, 0.25) is 5.91 Å². The summed E-state index contributed by atoms with van der Waals surface area (Å²) in [5, 5.41) is 3.71. The van der Waals surface area contributed by atoms with Gasteiger partial charge in [0.15, 0.2) is 0 Å². The third-order valence-corrected chi connectivity index (χ3v) is 5.70. The number of hydrogen-bond acceptors (Lipinski definition) is 5. The number of fused-ring (bicyclic) bond motifs is 1. The van der Waals surface area contributed by atoms with Crippen LogP contribution in [0.2, 0.25) is 0 Å². The second-order valence-electron chi connectivity index (χ2n) is 7.86. The van der Waals surface area contributed by atoms with Crippen LogP contribution in [-0.2, 0) is 4.79 Å². The predicted octanol–water partition coefficient (Wildman–Crippen LogP) is 6.36. The Bertz CT molecular complexity index is 1390. The van der Waals surface area contributed by atoms with Crippen LogP contribution >= 0.6 is 15.9 Å². The van der Waals surface area contributed by atoms with Crippen molar-refractivity contribution in [3.63, 3.8) is 0 Å². The lowest BCUT2D eigenvalue weighted by atomic mass is 10.1. The van der Waals surface area contributed by atoms with E-state index < -0.39 is 0 Å². The Morgan fingerprint density at radius 3 is 2.37 bits per heavy atom. The van der Waals surface area contributed by atoms with Crippen molar-refractivity contribution in [2.24, 2.45) is 0 Å². The molecule has 0 bridgehead atoms. The van der Waals surface area contributed by atoms with E-state index in [2.05, 4.69) is 21.2 Å². The van der Waals surface area contributed by atoms with Gasteiger partial charge in [-0.05, 0) is 72.7 Å². The largest absolute Gasteiger partial charge is 0.493 e. The maximum absolute atomic E-state index is 12.1. The van der Waals surface area contributed by atoms with Crippen LogP contribution in [0.15, 0.2) is 92.6 Å². The van der Waals surface area contributed by atoms with Crippen LogP contribution in [0.5, 0.6) is 11.5 Å². The third-order valence-electron chi connectivity index (χ3n) is 5.17. The zero-order chi connectivity index (χ0) is 24.6. The fraction of sp³-hybridized carbons (Fsp3) is 0.143. The highest BCUT2D eigenvalue weighted by Gasteiger charge is 2.04. The first-order valence-electron chi connectivity index (χ1n) is 11.1. The van der Waals surface area contributed by atoms with Crippen LogP contribution in [0, 0.1) is 6.92 Å². The zero-order valence-corrected chi connectivity index (χ0v) is 20.7. The number of carbonyl (C=O) groups excluding carboxylic acids is 1. The highest BCUT2D eigenvalue weighted by atomic mass is 79.9. The molecule has 178 valence electrons. The summed E-state index contributed by atoms with van der Waals surface area (Å²) in [5.41, 5.74) is 2.65. The summed E-state index contributed by atoms with van der Waals surface area (Å²) >= 11 is 3.37. The molecule has 0 aliphatic carbocycles. The van der Waals surface area contributed by atoms with E-state index in [0.29, 0.717) is 31.0 Å². The van der Waals surface area contributed by atoms with Crippen molar-refractivity contribution in [3.05, 3.63) is 105 Å². The van der Waals surface area contributed by atoms with Gasteiger partial charge in [0, 0.05) is 40.2 Å². The summed E-state index contributed by atoms with van der Waals surface area (Å²) in [4.78, 5) is 23.6. The molecule has 0 saturated carbocycles. The van der Waals surface area contributed by atoms with Crippen LogP contribution in [0.3, 0.4) is 0 Å². The number of amides is 1. The van der Waals surface area contributed by atoms with Crippen LogP contribution < -0.4 is 20.4 Å². The number of halogens is 1. The molecule has 4 aromatic rings. The van der Waals surface area contributed by atoms with E-state index in [4.69, 9.17) is 13.9 Å². The Balaban J connectivity index is 1.20. The number of carbonyl (C=O) groups is 1. The summed E-state index contributed by atoms with van der Waals surface area (Å²) in [6, 6.07) is 21.9. The Labute approximate surface area is 211 Å². The molecule has 1 amide bonds. The molecule has 0 spiro atoms. The molecule has 4 rings (SSSR count). The lowest BCUT2D eigenvalue weighted by Crippen LogP contribution is -2.07. The molecule has 0 aliphatic heterocycles. The van der Waals surface area contributed by atoms with Gasteiger partial charge in [0.1, 0.15) is 17.1 Å². The number of aryl methyl sites for hydroxylation is 1. The Morgan fingerprint density at radius 1 is 0.943 bits per heavy atom. The van der Waals surface area contributed by atoms with Gasteiger partial charge in [-0.15, -0.1) is 0 Å². The molecule has 7 heteroatoms. The van der Waals surface area contributed by atoms with Crippen LogP contribution in [0.1, 0.15) is 17.5 Å². The van der Waals surface area contributed by atoms with Gasteiger partial charge in [-0.2, -0.15) is 0 Å². The van der Waals surface area contributed by atoms with Crippen molar-refractivity contribution in [1.82, 2.24) is 0 Å². The van der Waals surface area contributed by atoms with Crippen molar-refractivity contribution in [3.8, 4) is 11.5 Å². The Hall–Kier alpha value is -3.84. The molecule has 1 N–H and O–H groups in total. The third kappa shape index (κ3) is 7.07. The van der Waals surface area contributed by atoms with Crippen LogP contribution in [-0.4, -0.2) is 19.1 Å². The molecule has 35 heavy (non-hydrogen) atoms. The minimum atomic E-state index is -0.369. The van der Waals surface area contributed by atoms with Gasteiger partial charge in [-0.25, -0.2) is 4.79 Å². The number of nitrogens with one attached hydrogen (secondary N) is 1. The molecular formula is C28H24BrNO5. The van der Waals surface area contributed by atoms with Gasteiger partial charge >= 0.3 is 5.63 Å².